The molecule has 0 bridgehead atoms. The Balaban J connectivity index is 1.28. The topological polar surface area (TPSA) is 128 Å². The molecule has 2 aromatic heterocycles. The van der Waals surface area contributed by atoms with Crippen molar-refractivity contribution >= 4 is 34.2 Å². The molecule has 12 heteroatoms. The molecule has 3 aromatic rings. The number of esters is 1. The molecule has 0 radical (unpaired) electrons. The second-order valence-electron chi connectivity index (χ2n) is 12.0. The number of hydrogen-bond donors (Lipinski definition) is 0. The number of nitrogens with zero attached hydrogens (tertiary/aromatic N) is 8. The number of carbonyl (C=O) groups is 2. The SMILES string of the molecule is CCOC(=O)/C=C/C(=O)N1CCN(c2nc(OC[C@@H]3CCCN3C)nc3c2CCN(c2cncc4ccccc24)C3)C[C@@H]1CC#N. The average molecular weight is 625 g/mol. The van der Waals surface area contributed by atoms with Crippen LogP contribution in [0, 0.1) is 11.3 Å². The van der Waals surface area contributed by atoms with Gasteiger partial charge in [-0.15, -0.1) is 0 Å². The third kappa shape index (κ3) is 6.74. The molecule has 0 aliphatic carbocycles. The summed E-state index contributed by atoms with van der Waals surface area (Å²) in [4.78, 5) is 47.7. The van der Waals surface area contributed by atoms with Crippen LogP contribution in [-0.2, 0) is 27.3 Å². The van der Waals surface area contributed by atoms with Crippen LogP contribution < -0.4 is 14.5 Å². The van der Waals surface area contributed by atoms with Gasteiger partial charge in [0, 0.05) is 66.9 Å². The van der Waals surface area contributed by atoms with Crippen molar-refractivity contribution in [3.8, 4) is 12.1 Å². The Bertz CT molecular complexity index is 1650. The number of aromatic nitrogens is 3. The van der Waals surface area contributed by atoms with E-state index in [2.05, 4.69) is 44.9 Å². The van der Waals surface area contributed by atoms with E-state index in [1.54, 1.807) is 11.8 Å². The van der Waals surface area contributed by atoms with Crippen LogP contribution in [0.15, 0.2) is 48.8 Å². The van der Waals surface area contributed by atoms with Gasteiger partial charge in [-0.1, -0.05) is 24.3 Å². The number of ether oxygens (including phenoxy) is 2. The monoisotopic (exact) mass is 624 g/mol. The highest BCUT2D eigenvalue weighted by Crippen LogP contribution is 2.34. The maximum absolute atomic E-state index is 13.1. The van der Waals surface area contributed by atoms with Crippen molar-refractivity contribution in [2.75, 3.05) is 62.8 Å². The van der Waals surface area contributed by atoms with Crippen LogP contribution in [0.2, 0.25) is 0 Å². The first-order valence-corrected chi connectivity index (χ1v) is 16.0. The van der Waals surface area contributed by atoms with E-state index in [0.29, 0.717) is 44.8 Å². The predicted octanol–water partition coefficient (Wildman–Crippen LogP) is 3.11. The number of likely N-dealkylation sites (tertiary alicyclic amines) is 1. The minimum Gasteiger partial charge on any atom is -0.463 e. The van der Waals surface area contributed by atoms with E-state index < -0.39 is 5.97 Å². The quantitative estimate of drug-likeness (QED) is 0.257. The van der Waals surface area contributed by atoms with Gasteiger partial charge >= 0.3 is 12.0 Å². The number of amides is 1. The van der Waals surface area contributed by atoms with Gasteiger partial charge < -0.3 is 29.1 Å². The van der Waals surface area contributed by atoms with Gasteiger partial charge in [0.2, 0.25) is 5.91 Å². The minimum atomic E-state index is -0.566. The molecular formula is C34H40N8O4. The summed E-state index contributed by atoms with van der Waals surface area (Å²) in [5.41, 5.74) is 3.04. The van der Waals surface area contributed by atoms with Crippen molar-refractivity contribution in [3.05, 3.63) is 60.1 Å². The van der Waals surface area contributed by atoms with Crippen LogP contribution in [0.25, 0.3) is 10.8 Å². The first kappa shape index (κ1) is 31.2. The molecule has 0 unspecified atom stereocenters. The zero-order valence-electron chi connectivity index (χ0n) is 26.5. The fraction of sp³-hybridized carbons (Fsp3) is 0.471. The van der Waals surface area contributed by atoms with E-state index in [1.165, 1.54) is 6.08 Å². The summed E-state index contributed by atoms with van der Waals surface area (Å²) in [7, 11) is 2.12. The van der Waals surface area contributed by atoms with Crippen molar-refractivity contribution in [2.24, 2.45) is 0 Å². The lowest BCUT2D eigenvalue weighted by Gasteiger charge is -2.42. The van der Waals surface area contributed by atoms with Crippen molar-refractivity contribution in [1.82, 2.24) is 24.8 Å². The normalized spacial score (nSPS) is 20.2. The van der Waals surface area contributed by atoms with Crippen LogP contribution in [-0.4, -0.2) is 102 Å². The lowest BCUT2D eigenvalue weighted by atomic mass is 10.0. The molecule has 3 aliphatic rings. The molecule has 0 N–H and O–H groups in total. The fourth-order valence-electron chi connectivity index (χ4n) is 6.68. The van der Waals surface area contributed by atoms with E-state index in [-0.39, 0.29) is 25.0 Å². The van der Waals surface area contributed by atoms with Gasteiger partial charge in [-0.3, -0.25) is 9.78 Å². The van der Waals surface area contributed by atoms with Gasteiger partial charge in [0.15, 0.2) is 0 Å². The van der Waals surface area contributed by atoms with Crippen molar-refractivity contribution < 1.29 is 19.1 Å². The highest BCUT2D eigenvalue weighted by atomic mass is 16.5. The number of pyridine rings is 1. The Labute approximate surface area is 269 Å². The number of fused-ring (bicyclic) bond motifs is 2. The molecule has 12 nitrogen and oxygen atoms in total. The number of rotatable bonds is 9. The first-order chi connectivity index (χ1) is 22.4. The van der Waals surface area contributed by atoms with E-state index in [9.17, 15) is 14.9 Å². The van der Waals surface area contributed by atoms with Crippen LogP contribution in [0.1, 0.15) is 37.4 Å². The highest BCUT2D eigenvalue weighted by molar-refractivity contribution is 5.95. The Morgan fingerprint density at radius 2 is 1.93 bits per heavy atom. The average Bonchev–Trinajstić information content (AvgIpc) is 3.49. The zero-order chi connectivity index (χ0) is 32.0. The lowest BCUT2D eigenvalue weighted by molar-refractivity contribution is -0.137. The molecule has 0 saturated carbocycles. The summed E-state index contributed by atoms with van der Waals surface area (Å²) in [5, 5.41) is 11.9. The van der Waals surface area contributed by atoms with Crippen LogP contribution >= 0.6 is 0 Å². The highest BCUT2D eigenvalue weighted by Gasteiger charge is 2.34. The third-order valence-electron chi connectivity index (χ3n) is 9.13. The Morgan fingerprint density at radius 1 is 1.07 bits per heavy atom. The smallest absolute Gasteiger partial charge is 0.330 e. The minimum absolute atomic E-state index is 0.155. The number of piperazine rings is 1. The van der Waals surface area contributed by atoms with Gasteiger partial charge in [-0.2, -0.15) is 15.2 Å². The number of anilines is 2. The second-order valence-corrected chi connectivity index (χ2v) is 12.0. The molecule has 0 spiro atoms. The second kappa shape index (κ2) is 14.1. The Morgan fingerprint density at radius 3 is 2.74 bits per heavy atom. The number of likely N-dealkylation sites (N-methyl/N-ethyl adjacent to an activating group) is 1. The molecular weight excluding hydrogens is 584 g/mol. The molecule has 6 rings (SSSR count). The molecule has 240 valence electrons. The van der Waals surface area contributed by atoms with E-state index >= 15 is 0 Å². The van der Waals surface area contributed by atoms with Crippen LogP contribution in [0.3, 0.4) is 0 Å². The maximum atomic E-state index is 13.1. The molecule has 5 heterocycles. The van der Waals surface area contributed by atoms with E-state index in [1.807, 2.05) is 24.5 Å². The molecule has 1 aromatic carbocycles. The van der Waals surface area contributed by atoms with Gasteiger partial charge in [0.1, 0.15) is 12.4 Å². The molecule has 46 heavy (non-hydrogen) atoms. The Kier molecular flexibility index (Phi) is 9.59. The number of benzene rings is 1. The summed E-state index contributed by atoms with van der Waals surface area (Å²) < 4.78 is 11.2. The largest absolute Gasteiger partial charge is 0.463 e. The number of nitriles is 1. The third-order valence-corrected chi connectivity index (χ3v) is 9.13. The van der Waals surface area contributed by atoms with Gasteiger partial charge in [0.05, 0.1) is 49.3 Å². The number of hydrogen-bond acceptors (Lipinski definition) is 11. The summed E-state index contributed by atoms with van der Waals surface area (Å²) in [6.07, 6.45) is 9.28. The van der Waals surface area contributed by atoms with Crippen molar-refractivity contribution in [3.63, 3.8) is 0 Å². The van der Waals surface area contributed by atoms with Crippen molar-refractivity contribution in [2.45, 2.75) is 51.2 Å². The standard InChI is InChI=1S/C34H40N8O4/c1-3-45-32(44)11-10-31(43)42-18-17-41(21-25(42)12-14-35)33-28-13-16-40(30-20-36-19-24-7-4-5-9-27(24)30)22-29(28)37-34(38-33)46-23-26-8-6-15-39(26)2/h4-5,7,9-11,19-20,25-26H,3,6,8,12-13,15-18,21-23H2,1-2H3/b11-10+/t25-,26-/m0/s1. The summed E-state index contributed by atoms with van der Waals surface area (Å²) in [6, 6.07) is 10.8. The maximum Gasteiger partial charge on any atom is 0.330 e. The van der Waals surface area contributed by atoms with E-state index in [4.69, 9.17) is 19.4 Å². The Hall–Kier alpha value is -4.76. The van der Waals surface area contributed by atoms with Gasteiger partial charge in [-0.25, -0.2) is 4.79 Å². The van der Waals surface area contributed by atoms with Crippen LogP contribution in [0.4, 0.5) is 11.5 Å². The molecule has 1 amide bonds. The molecule has 2 fully saturated rings. The number of carbonyl (C=O) groups excluding carboxylic acids is 2. The fourth-order valence-corrected chi connectivity index (χ4v) is 6.68. The lowest BCUT2D eigenvalue weighted by Crippen LogP contribution is -2.55. The molecule has 2 atom stereocenters. The summed E-state index contributed by atoms with van der Waals surface area (Å²) in [5.74, 6) is -0.0853. The van der Waals surface area contributed by atoms with Gasteiger partial charge in [-0.05, 0) is 39.8 Å². The van der Waals surface area contributed by atoms with Crippen molar-refractivity contribution in [1.29, 1.82) is 5.26 Å². The molecule has 3 aliphatic heterocycles. The predicted molar refractivity (Wildman–Crippen MR) is 173 cm³/mol. The molecule has 2 saturated heterocycles. The summed E-state index contributed by atoms with van der Waals surface area (Å²) in [6.45, 7) is 6.19. The first-order valence-electron chi connectivity index (χ1n) is 16.0. The summed E-state index contributed by atoms with van der Waals surface area (Å²) >= 11 is 0. The van der Waals surface area contributed by atoms with E-state index in [0.717, 1.165) is 72.0 Å². The zero-order valence-corrected chi connectivity index (χ0v) is 26.5. The van der Waals surface area contributed by atoms with Gasteiger partial charge in [0.25, 0.3) is 0 Å². The van der Waals surface area contributed by atoms with Crippen LogP contribution in [0.5, 0.6) is 6.01 Å².